The molecular formula is C16H14ClN3O4S2. The first-order chi connectivity index (χ1) is 12.5. The van der Waals surface area contributed by atoms with Crippen LogP contribution in [0.15, 0.2) is 35.3 Å². The lowest BCUT2D eigenvalue weighted by Gasteiger charge is -2.05. The summed E-state index contributed by atoms with van der Waals surface area (Å²) in [5, 5.41) is 11.1. The summed E-state index contributed by atoms with van der Waals surface area (Å²) in [5.41, 5.74) is 0.642. The number of nitrogens with zero attached hydrogens (tertiary/aromatic N) is 3. The Labute approximate surface area is 161 Å². The zero-order chi connectivity index (χ0) is 18.7. The van der Waals surface area contributed by atoms with Gasteiger partial charge < -0.3 is 9.30 Å². The highest BCUT2D eigenvalue weighted by Crippen LogP contribution is 2.24. The Morgan fingerprint density at radius 3 is 2.81 bits per heavy atom. The highest BCUT2D eigenvalue weighted by atomic mass is 35.5. The van der Waals surface area contributed by atoms with Gasteiger partial charge in [0.15, 0.2) is 4.80 Å². The Hall–Kier alpha value is -2.07. The minimum Gasteiger partial charge on any atom is -0.380 e. The van der Waals surface area contributed by atoms with Crippen LogP contribution in [0.1, 0.15) is 16.6 Å². The van der Waals surface area contributed by atoms with E-state index in [0.717, 1.165) is 16.0 Å². The van der Waals surface area contributed by atoms with E-state index in [1.165, 1.54) is 23.5 Å². The minimum absolute atomic E-state index is 0.0108. The van der Waals surface area contributed by atoms with Crippen molar-refractivity contribution in [2.24, 2.45) is 4.99 Å². The number of nitro benzene ring substituents is 1. The number of nitro groups is 1. The molecule has 0 aliphatic rings. The van der Waals surface area contributed by atoms with Gasteiger partial charge in [-0.25, -0.2) is 0 Å². The molecule has 0 N–H and O–H groups in total. The van der Waals surface area contributed by atoms with Crippen molar-refractivity contribution < 1.29 is 14.5 Å². The van der Waals surface area contributed by atoms with Gasteiger partial charge in [0.25, 0.3) is 11.6 Å². The maximum atomic E-state index is 12.4. The first-order valence-corrected chi connectivity index (χ1v) is 9.70. The number of ether oxygens (including phenoxy) is 1. The maximum Gasteiger partial charge on any atom is 0.289 e. The summed E-state index contributed by atoms with van der Waals surface area (Å²) < 4.78 is 8.48. The summed E-state index contributed by atoms with van der Waals surface area (Å²) in [6.07, 6.45) is 0. The van der Waals surface area contributed by atoms with Crippen molar-refractivity contribution >= 4 is 56.1 Å². The number of halogens is 1. The molecule has 1 aromatic carbocycles. The van der Waals surface area contributed by atoms with Crippen LogP contribution in [0.25, 0.3) is 10.2 Å². The molecule has 0 fully saturated rings. The summed E-state index contributed by atoms with van der Waals surface area (Å²) in [6, 6.07) is 7.87. The van der Waals surface area contributed by atoms with Crippen LogP contribution in [0.5, 0.6) is 0 Å². The third-order valence-corrected chi connectivity index (χ3v) is 5.80. The van der Waals surface area contributed by atoms with Gasteiger partial charge in [0.05, 0.1) is 31.0 Å². The Morgan fingerprint density at radius 1 is 1.35 bits per heavy atom. The van der Waals surface area contributed by atoms with Gasteiger partial charge in [0.2, 0.25) is 0 Å². The average Bonchev–Trinajstić information content (AvgIpc) is 3.18. The van der Waals surface area contributed by atoms with Crippen LogP contribution in [0.2, 0.25) is 4.34 Å². The lowest BCUT2D eigenvalue weighted by atomic mass is 10.3. The van der Waals surface area contributed by atoms with Crippen LogP contribution < -0.4 is 4.80 Å². The predicted molar refractivity (Wildman–Crippen MR) is 102 cm³/mol. The van der Waals surface area contributed by atoms with E-state index in [-0.39, 0.29) is 5.69 Å². The van der Waals surface area contributed by atoms with Crippen LogP contribution >= 0.6 is 34.3 Å². The Kier molecular flexibility index (Phi) is 5.82. The average molecular weight is 412 g/mol. The fourth-order valence-electron chi connectivity index (χ4n) is 2.34. The second-order valence-corrected chi connectivity index (χ2v) is 7.89. The lowest BCUT2D eigenvalue weighted by molar-refractivity contribution is -0.384. The molecule has 3 aromatic rings. The molecule has 1 amide bonds. The van der Waals surface area contributed by atoms with Crippen molar-refractivity contribution in [3.05, 3.63) is 54.5 Å². The normalized spacial score (nSPS) is 12.0. The molecule has 2 aromatic heterocycles. The van der Waals surface area contributed by atoms with E-state index in [4.69, 9.17) is 16.3 Å². The van der Waals surface area contributed by atoms with Gasteiger partial charge >= 0.3 is 0 Å². The summed E-state index contributed by atoms with van der Waals surface area (Å²) in [7, 11) is 0. The number of non-ortho nitro benzene ring substituents is 1. The molecule has 0 spiro atoms. The maximum absolute atomic E-state index is 12.4. The SMILES string of the molecule is CCOCCn1c(=NC(=O)c2ccc(Cl)s2)sc2ccc([N+](=O)[O-])cc21. The summed E-state index contributed by atoms with van der Waals surface area (Å²) >= 11 is 8.34. The van der Waals surface area contributed by atoms with E-state index in [9.17, 15) is 14.9 Å². The van der Waals surface area contributed by atoms with Crippen molar-refractivity contribution in [3.8, 4) is 0 Å². The molecule has 2 heterocycles. The minimum atomic E-state index is -0.445. The number of carbonyl (C=O) groups is 1. The van der Waals surface area contributed by atoms with Crippen LogP contribution in [0.4, 0.5) is 5.69 Å². The fraction of sp³-hybridized carbons (Fsp3) is 0.250. The number of thiophene rings is 1. The van der Waals surface area contributed by atoms with Crippen LogP contribution in [0.3, 0.4) is 0 Å². The molecule has 0 unspecified atom stereocenters. The molecule has 0 bridgehead atoms. The quantitative estimate of drug-likeness (QED) is 0.347. The second kappa shape index (κ2) is 8.09. The molecule has 0 saturated heterocycles. The molecule has 0 radical (unpaired) electrons. The molecule has 3 rings (SSSR count). The third kappa shape index (κ3) is 4.01. The van der Waals surface area contributed by atoms with Crippen LogP contribution in [-0.2, 0) is 11.3 Å². The van der Waals surface area contributed by atoms with Gasteiger partial charge in [-0.15, -0.1) is 11.3 Å². The number of hydrogen-bond donors (Lipinski definition) is 0. The number of amides is 1. The van der Waals surface area contributed by atoms with Gasteiger partial charge in [-0.05, 0) is 25.1 Å². The second-order valence-electron chi connectivity index (χ2n) is 5.16. The monoisotopic (exact) mass is 411 g/mol. The molecule has 136 valence electrons. The molecule has 0 aliphatic heterocycles. The predicted octanol–water partition coefficient (Wildman–Crippen LogP) is 4.10. The van der Waals surface area contributed by atoms with E-state index in [2.05, 4.69) is 4.99 Å². The highest BCUT2D eigenvalue weighted by molar-refractivity contribution is 7.18. The number of carbonyl (C=O) groups excluding carboxylic acids is 1. The zero-order valence-electron chi connectivity index (χ0n) is 13.7. The van der Waals surface area contributed by atoms with E-state index >= 15 is 0 Å². The van der Waals surface area contributed by atoms with Crippen LogP contribution in [0, 0.1) is 10.1 Å². The summed E-state index contributed by atoms with van der Waals surface area (Å²) in [6.45, 7) is 3.29. The molecule has 26 heavy (non-hydrogen) atoms. The number of benzene rings is 1. The van der Waals surface area contributed by atoms with Crippen molar-refractivity contribution in [1.29, 1.82) is 0 Å². The van der Waals surface area contributed by atoms with Crippen molar-refractivity contribution in [1.82, 2.24) is 4.57 Å². The zero-order valence-corrected chi connectivity index (χ0v) is 16.1. The molecule has 0 aliphatic carbocycles. The topological polar surface area (TPSA) is 86.7 Å². The van der Waals surface area contributed by atoms with Gasteiger partial charge in [0, 0.05) is 25.3 Å². The van der Waals surface area contributed by atoms with E-state index in [1.54, 1.807) is 22.8 Å². The van der Waals surface area contributed by atoms with Gasteiger partial charge in [-0.3, -0.25) is 14.9 Å². The fourth-order valence-corrected chi connectivity index (χ4v) is 4.31. The first kappa shape index (κ1) is 18.7. The summed E-state index contributed by atoms with van der Waals surface area (Å²) in [5.74, 6) is -0.395. The van der Waals surface area contributed by atoms with Gasteiger partial charge in [-0.2, -0.15) is 4.99 Å². The first-order valence-electron chi connectivity index (χ1n) is 7.69. The standard InChI is InChI=1S/C16H14ClN3O4S2/c1-2-24-8-7-19-11-9-10(20(22)23)3-4-12(11)26-16(19)18-15(21)13-5-6-14(17)25-13/h3-6,9H,2,7-8H2,1H3. The van der Waals surface area contributed by atoms with Crippen molar-refractivity contribution in [3.63, 3.8) is 0 Å². The van der Waals surface area contributed by atoms with Crippen LogP contribution in [-0.4, -0.2) is 28.6 Å². The van der Waals surface area contributed by atoms with Gasteiger partial charge in [-0.1, -0.05) is 22.9 Å². The molecule has 0 atom stereocenters. The molecular weight excluding hydrogens is 398 g/mol. The highest BCUT2D eigenvalue weighted by Gasteiger charge is 2.14. The molecule has 10 heteroatoms. The summed E-state index contributed by atoms with van der Waals surface area (Å²) in [4.78, 5) is 28.1. The number of fused-ring (bicyclic) bond motifs is 1. The van der Waals surface area contributed by atoms with E-state index in [0.29, 0.717) is 39.3 Å². The number of hydrogen-bond acceptors (Lipinski definition) is 6. The Balaban J connectivity index is 2.10. The van der Waals surface area contributed by atoms with E-state index in [1.807, 2.05) is 6.92 Å². The molecule has 0 saturated carbocycles. The van der Waals surface area contributed by atoms with Crippen molar-refractivity contribution in [2.45, 2.75) is 13.5 Å². The number of aromatic nitrogens is 1. The third-order valence-electron chi connectivity index (χ3n) is 3.52. The number of rotatable bonds is 6. The van der Waals surface area contributed by atoms with Crippen molar-refractivity contribution in [2.75, 3.05) is 13.2 Å². The molecule has 7 nitrogen and oxygen atoms in total. The lowest BCUT2D eigenvalue weighted by Crippen LogP contribution is -2.19. The van der Waals surface area contributed by atoms with E-state index < -0.39 is 10.8 Å². The van der Waals surface area contributed by atoms with Gasteiger partial charge in [0.1, 0.15) is 0 Å². The Morgan fingerprint density at radius 2 is 2.15 bits per heavy atom. The Bertz CT molecular complexity index is 1040. The largest absolute Gasteiger partial charge is 0.380 e. The number of thiazole rings is 1. The smallest absolute Gasteiger partial charge is 0.289 e.